The molecule has 0 aliphatic carbocycles. The van der Waals surface area contributed by atoms with E-state index in [2.05, 4.69) is 21.6 Å². The molecule has 5 aromatic rings. The Bertz CT molecular complexity index is 1700. The van der Waals surface area contributed by atoms with Crippen molar-refractivity contribution in [2.45, 2.75) is 0 Å². The molecular weight excluding hydrogens is 484 g/mol. The number of hydrogen-bond donors (Lipinski definition) is 2. The molecule has 0 aliphatic rings. The highest BCUT2D eigenvalue weighted by Gasteiger charge is 2.20. The van der Waals surface area contributed by atoms with Crippen molar-refractivity contribution in [2.75, 3.05) is 7.11 Å². The monoisotopic (exact) mass is 504 g/mol. The summed E-state index contributed by atoms with van der Waals surface area (Å²) in [7, 11) is 1.44. The Labute approximate surface area is 216 Å². The molecule has 5 rings (SSSR count). The summed E-state index contributed by atoms with van der Waals surface area (Å²) < 4.78 is 15.7. The molecule has 0 unspecified atom stereocenters. The van der Waals surface area contributed by atoms with Gasteiger partial charge in [-0.05, 0) is 47.5 Å². The first-order valence-corrected chi connectivity index (χ1v) is 11.5. The molecule has 2 N–H and O–H groups in total. The van der Waals surface area contributed by atoms with Crippen LogP contribution in [-0.2, 0) is 0 Å². The van der Waals surface area contributed by atoms with Crippen molar-refractivity contribution in [1.82, 2.24) is 10.4 Å². The van der Waals surface area contributed by atoms with Crippen LogP contribution in [0.25, 0.3) is 22.0 Å². The number of hydrogen-bond acceptors (Lipinski definition) is 7. The normalized spacial score (nSPS) is 10.8. The largest absolute Gasteiger partial charge is 0.493 e. The minimum atomic E-state index is -0.658. The first-order chi connectivity index (χ1) is 18.6. The Balaban J connectivity index is 1.38. The van der Waals surface area contributed by atoms with E-state index in [-0.39, 0.29) is 17.2 Å². The average Bonchev–Trinajstić information content (AvgIpc) is 3.63. The Morgan fingerprint density at radius 1 is 1.03 bits per heavy atom. The maximum absolute atomic E-state index is 13.2. The van der Waals surface area contributed by atoms with Gasteiger partial charge in [-0.3, -0.25) is 4.79 Å². The molecule has 0 spiro atoms. The number of carbonyl (C=O) groups is 2. The van der Waals surface area contributed by atoms with Gasteiger partial charge in [0.1, 0.15) is 11.8 Å². The average molecular weight is 505 g/mol. The number of esters is 1. The molecule has 9 nitrogen and oxygen atoms in total. The minimum absolute atomic E-state index is 0.0640. The summed E-state index contributed by atoms with van der Waals surface area (Å²) in [6.45, 7) is 0. The number of nitrogens with zero attached hydrogens (tertiary/aromatic N) is 2. The van der Waals surface area contributed by atoms with Crippen LogP contribution >= 0.6 is 0 Å². The molecular formula is C29H20N4O5. The smallest absolute Gasteiger partial charge is 0.379 e. The van der Waals surface area contributed by atoms with Crippen LogP contribution < -0.4 is 14.9 Å². The van der Waals surface area contributed by atoms with Crippen molar-refractivity contribution in [3.63, 3.8) is 0 Å². The van der Waals surface area contributed by atoms with Crippen LogP contribution in [0, 0.1) is 11.3 Å². The van der Waals surface area contributed by atoms with Crippen LogP contribution in [0.4, 0.5) is 0 Å². The summed E-state index contributed by atoms with van der Waals surface area (Å²) in [6, 6.07) is 24.8. The number of nitrogens with one attached hydrogen (secondary N) is 2. The van der Waals surface area contributed by atoms with Crippen molar-refractivity contribution in [3.05, 3.63) is 108 Å². The topological polar surface area (TPSA) is 130 Å². The zero-order chi connectivity index (χ0) is 26.5. The van der Waals surface area contributed by atoms with Gasteiger partial charge < -0.3 is 18.9 Å². The van der Waals surface area contributed by atoms with E-state index in [0.29, 0.717) is 28.0 Å². The Morgan fingerprint density at radius 2 is 1.87 bits per heavy atom. The fourth-order valence-corrected chi connectivity index (χ4v) is 4.00. The number of hydrazone groups is 1. The molecule has 0 radical (unpaired) electrons. The molecule has 0 saturated carbocycles. The standard InChI is InChI=1S/C29H20N4O5/c1-36-24-15-18(12-13-22(24)38-29(35)23-11-6-14-37-23)17-31-33-28(34)27-25(19-7-3-2-4-8-19)21-10-5-9-20(16-30)26(21)32-27/h2-15,17,32H,1H3,(H,33,34). The molecule has 0 aliphatic heterocycles. The molecule has 9 heteroatoms. The van der Waals surface area contributed by atoms with E-state index in [1.165, 1.54) is 25.7 Å². The number of aromatic amines is 1. The number of methoxy groups -OCH3 is 1. The molecule has 0 fully saturated rings. The summed E-state index contributed by atoms with van der Waals surface area (Å²) in [5.41, 5.74) is 5.92. The van der Waals surface area contributed by atoms with Crippen molar-refractivity contribution in [2.24, 2.45) is 5.10 Å². The summed E-state index contributed by atoms with van der Waals surface area (Å²) >= 11 is 0. The van der Waals surface area contributed by atoms with E-state index in [4.69, 9.17) is 13.9 Å². The lowest BCUT2D eigenvalue weighted by Gasteiger charge is -2.09. The summed E-state index contributed by atoms with van der Waals surface area (Å²) in [5.74, 6) is -0.570. The van der Waals surface area contributed by atoms with Gasteiger partial charge in [0.15, 0.2) is 11.5 Å². The van der Waals surface area contributed by atoms with Gasteiger partial charge in [0, 0.05) is 10.9 Å². The Hall–Kier alpha value is -5.62. The molecule has 0 bridgehead atoms. The number of benzene rings is 3. The third kappa shape index (κ3) is 4.74. The van der Waals surface area contributed by atoms with E-state index in [1.54, 1.807) is 36.4 Å². The van der Waals surface area contributed by atoms with Crippen LogP contribution in [0.2, 0.25) is 0 Å². The maximum Gasteiger partial charge on any atom is 0.379 e. The molecule has 38 heavy (non-hydrogen) atoms. The molecule has 0 saturated heterocycles. The number of furan rings is 1. The molecule has 2 heterocycles. The predicted molar refractivity (Wildman–Crippen MR) is 140 cm³/mol. The van der Waals surface area contributed by atoms with Crippen LogP contribution in [0.15, 0.2) is 94.6 Å². The first kappa shape index (κ1) is 24.1. The molecule has 0 atom stereocenters. The highest BCUT2D eigenvalue weighted by molar-refractivity contribution is 6.10. The van der Waals surface area contributed by atoms with Crippen LogP contribution in [0.1, 0.15) is 32.2 Å². The molecule has 3 aromatic carbocycles. The fraction of sp³-hybridized carbons (Fsp3) is 0.0345. The van der Waals surface area contributed by atoms with Crippen molar-refractivity contribution in [1.29, 1.82) is 5.26 Å². The molecule has 186 valence electrons. The van der Waals surface area contributed by atoms with Gasteiger partial charge in [-0.15, -0.1) is 0 Å². The zero-order valence-corrected chi connectivity index (χ0v) is 20.1. The van der Waals surface area contributed by atoms with Gasteiger partial charge >= 0.3 is 5.97 Å². The van der Waals surface area contributed by atoms with E-state index < -0.39 is 11.9 Å². The first-order valence-electron chi connectivity index (χ1n) is 11.5. The van der Waals surface area contributed by atoms with Crippen molar-refractivity contribution < 1.29 is 23.5 Å². The third-order valence-corrected chi connectivity index (χ3v) is 5.74. The number of H-pyrrole nitrogens is 1. The lowest BCUT2D eigenvalue weighted by atomic mass is 10.0. The summed E-state index contributed by atoms with van der Waals surface area (Å²) in [4.78, 5) is 28.5. The number of fused-ring (bicyclic) bond motifs is 1. The van der Waals surface area contributed by atoms with Gasteiger partial charge in [0.2, 0.25) is 5.76 Å². The summed E-state index contributed by atoms with van der Waals surface area (Å²) in [6.07, 6.45) is 2.81. The lowest BCUT2D eigenvalue weighted by Crippen LogP contribution is -2.18. The van der Waals surface area contributed by atoms with Gasteiger partial charge in [-0.1, -0.05) is 42.5 Å². The number of amides is 1. The number of nitriles is 1. The second-order valence-electron chi connectivity index (χ2n) is 8.06. The quantitative estimate of drug-likeness (QED) is 0.134. The van der Waals surface area contributed by atoms with Crippen LogP contribution in [-0.4, -0.2) is 30.2 Å². The van der Waals surface area contributed by atoms with Crippen molar-refractivity contribution >= 4 is 29.0 Å². The van der Waals surface area contributed by atoms with E-state index >= 15 is 0 Å². The highest BCUT2D eigenvalue weighted by Crippen LogP contribution is 2.34. The second-order valence-corrected chi connectivity index (χ2v) is 8.06. The van der Waals surface area contributed by atoms with Gasteiger partial charge in [0.25, 0.3) is 5.91 Å². The van der Waals surface area contributed by atoms with Crippen LogP contribution in [0.3, 0.4) is 0 Å². The SMILES string of the molecule is COc1cc(C=NNC(=O)c2[nH]c3c(C#N)cccc3c2-c2ccccc2)ccc1OC(=O)c1ccco1. The van der Waals surface area contributed by atoms with Gasteiger partial charge in [0.05, 0.1) is 30.7 Å². The number of aromatic nitrogens is 1. The lowest BCUT2D eigenvalue weighted by molar-refractivity contribution is 0.0696. The van der Waals surface area contributed by atoms with E-state index in [1.807, 2.05) is 36.4 Å². The van der Waals surface area contributed by atoms with Crippen molar-refractivity contribution in [3.8, 4) is 28.7 Å². The maximum atomic E-state index is 13.2. The zero-order valence-electron chi connectivity index (χ0n) is 20.1. The Morgan fingerprint density at radius 3 is 2.61 bits per heavy atom. The number of rotatable bonds is 7. The van der Waals surface area contributed by atoms with E-state index in [0.717, 1.165) is 10.9 Å². The molecule has 2 aromatic heterocycles. The van der Waals surface area contributed by atoms with E-state index in [9.17, 15) is 14.9 Å². The minimum Gasteiger partial charge on any atom is -0.493 e. The van der Waals surface area contributed by atoms with Crippen LogP contribution in [0.5, 0.6) is 11.5 Å². The predicted octanol–water partition coefficient (Wildman–Crippen LogP) is 5.29. The number of ether oxygens (including phenoxy) is 2. The summed E-state index contributed by atoms with van der Waals surface area (Å²) in [5, 5.41) is 14.4. The third-order valence-electron chi connectivity index (χ3n) is 5.74. The second kappa shape index (κ2) is 10.6. The number of para-hydroxylation sites is 1. The molecule has 1 amide bonds. The highest BCUT2D eigenvalue weighted by atomic mass is 16.6. The van der Waals surface area contributed by atoms with Gasteiger partial charge in [-0.25, -0.2) is 10.2 Å². The fourth-order valence-electron chi connectivity index (χ4n) is 4.00. The number of carbonyl (C=O) groups excluding carboxylic acids is 2. The Kier molecular flexibility index (Phi) is 6.69. The van der Waals surface area contributed by atoms with Gasteiger partial charge in [-0.2, -0.15) is 10.4 Å².